The van der Waals surface area contributed by atoms with Crippen molar-refractivity contribution in [3.05, 3.63) is 53.6 Å². The highest BCUT2D eigenvalue weighted by Crippen LogP contribution is 2.21. The van der Waals surface area contributed by atoms with Crippen LogP contribution in [0, 0.1) is 6.92 Å². The van der Waals surface area contributed by atoms with Crippen LogP contribution in [0.25, 0.3) is 0 Å². The van der Waals surface area contributed by atoms with Crippen LogP contribution in [0.1, 0.15) is 15.9 Å². The smallest absolute Gasteiger partial charge is 0.276 e. The van der Waals surface area contributed by atoms with Crippen molar-refractivity contribution in [3.63, 3.8) is 0 Å². The van der Waals surface area contributed by atoms with E-state index < -0.39 is 11.8 Å². The van der Waals surface area contributed by atoms with E-state index in [4.69, 9.17) is 9.47 Å². The summed E-state index contributed by atoms with van der Waals surface area (Å²) < 4.78 is 10.3. The molecular formula is C17H18N2O5. The first kappa shape index (κ1) is 17.1. The SMILES string of the molecule is COc1cccc(OCC(=O)NNC(=O)c2cccc(C)c2O)c1. The number of hydrazine groups is 1. The summed E-state index contributed by atoms with van der Waals surface area (Å²) in [4.78, 5) is 23.7. The largest absolute Gasteiger partial charge is 0.507 e. The Bertz CT molecular complexity index is 746. The van der Waals surface area contributed by atoms with Crippen molar-refractivity contribution in [3.8, 4) is 17.2 Å². The number of aromatic hydroxyl groups is 1. The topological polar surface area (TPSA) is 96.9 Å². The Labute approximate surface area is 139 Å². The van der Waals surface area contributed by atoms with E-state index in [1.807, 2.05) is 0 Å². The number of carbonyl (C=O) groups excluding carboxylic acids is 2. The number of ether oxygens (including phenoxy) is 2. The average Bonchev–Trinajstić information content (AvgIpc) is 2.60. The predicted molar refractivity (Wildman–Crippen MR) is 86.9 cm³/mol. The van der Waals surface area contributed by atoms with Crippen molar-refractivity contribution in [2.24, 2.45) is 0 Å². The van der Waals surface area contributed by atoms with Gasteiger partial charge >= 0.3 is 0 Å². The number of hydrogen-bond acceptors (Lipinski definition) is 5. The molecule has 2 amide bonds. The van der Waals surface area contributed by atoms with Crippen LogP contribution in [0.4, 0.5) is 0 Å². The standard InChI is InChI=1S/C17H18N2O5/c1-11-5-3-8-14(16(11)21)17(22)19-18-15(20)10-24-13-7-4-6-12(9-13)23-2/h3-9,21H,10H2,1-2H3,(H,18,20)(H,19,22). The molecule has 0 aliphatic heterocycles. The van der Waals surface area contributed by atoms with Crippen LogP contribution in [0.2, 0.25) is 0 Å². The van der Waals surface area contributed by atoms with Crippen molar-refractivity contribution in [1.82, 2.24) is 10.9 Å². The number of rotatable bonds is 5. The van der Waals surface area contributed by atoms with E-state index in [1.54, 1.807) is 43.3 Å². The zero-order valence-electron chi connectivity index (χ0n) is 13.3. The molecular weight excluding hydrogens is 312 g/mol. The van der Waals surface area contributed by atoms with Gasteiger partial charge in [-0.2, -0.15) is 0 Å². The maximum atomic E-state index is 11.9. The predicted octanol–water partition coefficient (Wildman–Crippen LogP) is 1.55. The van der Waals surface area contributed by atoms with Crippen LogP contribution in [0.5, 0.6) is 17.2 Å². The molecule has 2 aromatic rings. The lowest BCUT2D eigenvalue weighted by molar-refractivity contribution is -0.123. The molecule has 0 spiro atoms. The van der Waals surface area contributed by atoms with Gasteiger partial charge in [0.25, 0.3) is 11.8 Å². The molecule has 0 saturated heterocycles. The zero-order valence-corrected chi connectivity index (χ0v) is 13.3. The van der Waals surface area contributed by atoms with Gasteiger partial charge in [-0.05, 0) is 30.7 Å². The minimum atomic E-state index is -0.620. The third-order valence-corrected chi connectivity index (χ3v) is 3.21. The Morgan fingerprint density at radius 3 is 2.54 bits per heavy atom. The lowest BCUT2D eigenvalue weighted by Crippen LogP contribution is -2.43. The molecule has 0 fully saturated rings. The van der Waals surface area contributed by atoms with Gasteiger partial charge in [-0.3, -0.25) is 20.4 Å². The number of hydrogen-bond donors (Lipinski definition) is 3. The quantitative estimate of drug-likeness (QED) is 0.723. The van der Waals surface area contributed by atoms with Gasteiger partial charge in [0, 0.05) is 6.07 Å². The summed E-state index contributed by atoms with van der Waals surface area (Å²) in [5.74, 6) is -0.218. The Kier molecular flexibility index (Phi) is 5.62. The monoisotopic (exact) mass is 330 g/mol. The summed E-state index contributed by atoms with van der Waals surface area (Å²) >= 11 is 0. The first-order chi connectivity index (χ1) is 11.5. The Morgan fingerprint density at radius 2 is 1.79 bits per heavy atom. The fraction of sp³-hybridized carbons (Fsp3) is 0.176. The number of carbonyl (C=O) groups is 2. The van der Waals surface area contributed by atoms with E-state index in [0.29, 0.717) is 17.1 Å². The van der Waals surface area contributed by atoms with Crippen LogP contribution in [-0.2, 0) is 4.79 Å². The highest BCUT2D eigenvalue weighted by atomic mass is 16.5. The number of nitrogens with one attached hydrogen (secondary N) is 2. The number of phenols is 1. The van der Waals surface area contributed by atoms with Gasteiger partial charge in [0.2, 0.25) is 0 Å². The molecule has 0 heterocycles. The minimum Gasteiger partial charge on any atom is -0.507 e. The zero-order chi connectivity index (χ0) is 17.5. The molecule has 0 aliphatic rings. The third kappa shape index (κ3) is 4.39. The normalized spacial score (nSPS) is 9.92. The molecule has 0 atom stereocenters. The number of para-hydroxylation sites is 1. The molecule has 0 radical (unpaired) electrons. The van der Waals surface area contributed by atoms with Gasteiger partial charge in [0.15, 0.2) is 6.61 Å². The van der Waals surface area contributed by atoms with Gasteiger partial charge in [-0.15, -0.1) is 0 Å². The lowest BCUT2D eigenvalue weighted by Gasteiger charge is -2.10. The summed E-state index contributed by atoms with van der Waals surface area (Å²) in [6.07, 6.45) is 0. The average molecular weight is 330 g/mol. The molecule has 24 heavy (non-hydrogen) atoms. The highest BCUT2D eigenvalue weighted by Gasteiger charge is 2.13. The van der Waals surface area contributed by atoms with Crippen molar-refractivity contribution < 1.29 is 24.2 Å². The van der Waals surface area contributed by atoms with Crippen molar-refractivity contribution in [2.75, 3.05) is 13.7 Å². The molecule has 2 rings (SSSR count). The Balaban J connectivity index is 1.84. The molecule has 0 unspecified atom stereocenters. The third-order valence-electron chi connectivity index (χ3n) is 3.21. The number of benzene rings is 2. The van der Waals surface area contributed by atoms with Crippen molar-refractivity contribution in [1.29, 1.82) is 0 Å². The van der Waals surface area contributed by atoms with Crippen molar-refractivity contribution >= 4 is 11.8 Å². The van der Waals surface area contributed by atoms with E-state index >= 15 is 0 Å². The first-order valence-electron chi connectivity index (χ1n) is 7.16. The van der Waals surface area contributed by atoms with E-state index in [1.165, 1.54) is 13.2 Å². The maximum Gasteiger partial charge on any atom is 0.276 e. The van der Waals surface area contributed by atoms with E-state index in [9.17, 15) is 14.7 Å². The number of amides is 2. The fourth-order valence-electron chi connectivity index (χ4n) is 1.91. The number of methoxy groups -OCH3 is 1. The summed E-state index contributed by atoms with van der Waals surface area (Å²) in [6, 6.07) is 11.6. The summed E-state index contributed by atoms with van der Waals surface area (Å²) in [5, 5.41) is 9.82. The van der Waals surface area contributed by atoms with E-state index in [2.05, 4.69) is 10.9 Å². The summed E-state index contributed by atoms with van der Waals surface area (Å²) in [6.45, 7) is 1.39. The number of aryl methyl sites for hydroxylation is 1. The second-order valence-corrected chi connectivity index (χ2v) is 4.94. The lowest BCUT2D eigenvalue weighted by atomic mass is 10.1. The van der Waals surface area contributed by atoms with Crippen LogP contribution < -0.4 is 20.3 Å². The summed E-state index contributed by atoms with van der Waals surface area (Å²) in [7, 11) is 1.53. The molecule has 126 valence electrons. The molecule has 3 N–H and O–H groups in total. The number of phenolic OH excluding ortho intramolecular Hbond substituents is 1. The second kappa shape index (κ2) is 7.87. The van der Waals surface area contributed by atoms with Crippen LogP contribution in [0.3, 0.4) is 0 Å². The van der Waals surface area contributed by atoms with E-state index in [0.717, 1.165) is 0 Å². The summed E-state index contributed by atoms with van der Waals surface area (Å²) in [5.41, 5.74) is 5.08. The van der Waals surface area contributed by atoms with Crippen LogP contribution >= 0.6 is 0 Å². The fourth-order valence-corrected chi connectivity index (χ4v) is 1.91. The Morgan fingerprint density at radius 1 is 1.08 bits per heavy atom. The molecule has 7 heteroatoms. The molecule has 0 saturated carbocycles. The molecule has 0 aliphatic carbocycles. The van der Waals surface area contributed by atoms with Gasteiger partial charge < -0.3 is 14.6 Å². The molecule has 2 aromatic carbocycles. The molecule has 0 aromatic heterocycles. The Hall–Kier alpha value is -3.22. The maximum absolute atomic E-state index is 11.9. The molecule has 0 bridgehead atoms. The molecule has 7 nitrogen and oxygen atoms in total. The van der Waals surface area contributed by atoms with Gasteiger partial charge in [0.1, 0.15) is 17.2 Å². The van der Waals surface area contributed by atoms with Crippen LogP contribution in [0.15, 0.2) is 42.5 Å². The first-order valence-corrected chi connectivity index (χ1v) is 7.16. The van der Waals surface area contributed by atoms with E-state index in [-0.39, 0.29) is 17.9 Å². The highest BCUT2D eigenvalue weighted by molar-refractivity contribution is 5.98. The minimum absolute atomic E-state index is 0.0732. The van der Waals surface area contributed by atoms with Crippen molar-refractivity contribution in [2.45, 2.75) is 6.92 Å². The van der Waals surface area contributed by atoms with Gasteiger partial charge in [0.05, 0.1) is 12.7 Å². The second-order valence-electron chi connectivity index (χ2n) is 4.94. The van der Waals surface area contributed by atoms with Crippen LogP contribution in [-0.4, -0.2) is 30.6 Å². The van der Waals surface area contributed by atoms with Gasteiger partial charge in [-0.1, -0.05) is 18.2 Å². The van der Waals surface area contributed by atoms with Gasteiger partial charge in [-0.25, -0.2) is 0 Å².